The number of halogens is 3. The standard InChI is InChI=1S/C13H15F3N2O5S3/c1-23-12(20)9-6-11(24-7-9)26(21,22)18-4-2-17(3-5-18)10(19)8-25-13(14,15)16/h6-7H,2-5,8H2,1H3. The van der Waals surface area contributed by atoms with Gasteiger partial charge in [-0.1, -0.05) is 0 Å². The Morgan fingerprint density at radius 2 is 1.88 bits per heavy atom. The number of hydrogen-bond acceptors (Lipinski definition) is 7. The van der Waals surface area contributed by atoms with Crippen LogP contribution < -0.4 is 0 Å². The molecule has 0 spiro atoms. The van der Waals surface area contributed by atoms with Crippen molar-refractivity contribution in [3.8, 4) is 0 Å². The van der Waals surface area contributed by atoms with Gasteiger partial charge in [-0.25, -0.2) is 13.2 Å². The zero-order valence-electron chi connectivity index (χ0n) is 13.5. The lowest BCUT2D eigenvalue weighted by atomic mass is 10.3. The van der Waals surface area contributed by atoms with Crippen molar-refractivity contribution in [3.63, 3.8) is 0 Å². The Kier molecular flexibility index (Phi) is 6.58. The van der Waals surface area contributed by atoms with Crippen LogP contribution in [0.1, 0.15) is 10.4 Å². The summed E-state index contributed by atoms with van der Waals surface area (Å²) < 4.78 is 67.2. The molecule has 2 heterocycles. The molecular weight excluding hydrogens is 417 g/mol. The summed E-state index contributed by atoms with van der Waals surface area (Å²) in [5.41, 5.74) is -4.37. The molecule has 0 bridgehead atoms. The summed E-state index contributed by atoms with van der Waals surface area (Å²) >= 11 is 0.453. The third-order valence-electron chi connectivity index (χ3n) is 3.54. The molecule has 1 saturated heterocycles. The van der Waals surface area contributed by atoms with Crippen molar-refractivity contribution in [1.82, 2.24) is 9.21 Å². The molecule has 13 heteroatoms. The second-order valence-corrected chi connectivity index (χ2v) is 9.28. The van der Waals surface area contributed by atoms with Crippen molar-refractivity contribution in [2.24, 2.45) is 0 Å². The Morgan fingerprint density at radius 1 is 1.27 bits per heavy atom. The maximum atomic E-state index is 12.6. The third-order valence-corrected chi connectivity index (χ3v) is 7.57. The van der Waals surface area contributed by atoms with Crippen LogP contribution in [0.5, 0.6) is 0 Å². The molecule has 26 heavy (non-hydrogen) atoms. The number of piperazine rings is 1. The lowest BCUT2D eigenvalue weighted by Crippen LogP contribution is -2.50. The highest BCUT2D eigenvalue weighted by molar-refractivity contribution is 8.00. The SMILES string of the molecule is COC(=O)c1csc(S(=O)(=O)N2CCN(C(=O)CSC(F)(F)F)CC2)c1. The van der Waals surface area contributed by atoms with E-state index in [-0.39, 0.29) is 36.0 Å². The summed E-state index contributed by atoms with van der Waals surface area (Å²) in [5, 5.41) is 1.37. The van der Waals surface area contributed by atoms with Crippen LogP contribution >= 0.6 is 23.1 Å². The van der Waals surface area contributed by atoms with E-state index in [1.807, 2.05) is 0 Å². The van der Waals surface area contributed by atoms with Gasteiger partial charge in [0.15, 0.2) is 0 Å². The van der Waals surface area contributed by atoms with Gasteiger partial charge in [0.05, 0.1) is 18.4 Å². The van der Waals surface area contributed by atoms with E-state index in [9.17, 15) is 31.2 Å². The Bertz CT molecular complexity index is 770. The number of alkyl halides is 3. The van der Waals surface area contributed by atoms with Crippen LogP contribution in [0, 0.1) is 0 Å². The number of sulfonamides is 1. The molecule has 1 fully saturated rings. The van der Waals surface area contributed by atoms with Crippen LogP contribution in [0.4, 0.5) is 13.2 Å². The highest BCUT2D eigenvalue weighted by atomic mass is 32.2. The van der Waals surface area contributed by atoms with Crippen LogP contribution in [0.15, 0.2) is 15.7 Å². The number of esters is 1. The number of ether oxygens (including phenoxy) is 1. The molecule has 0 unspecified atom stereocenters. The normalized spacial score (nSPS) is 16.5. The van der Waals surface area contributed by atoms with Crippen LogP contribution in [0.2, 0.25) is 0 Å². The van der Waals surface area contributed by atoms with Gasteiger partial charge in [0.2, 0.25) is 5.91 Å². The lowest BCUT2D eigenvalue weighted by molar-refractivity contribution is -0.129. The fourth-order valence-electron chi connectivity index (χ4n) is 2.22. The molecule has 0 atom stereocenters. The first-order valence-electron chi connectivity index (χ1n) is 7.20. The molecular formula is C13H15F3N2O5S3. The average Bonchev–Trinajstić information content (AvgIpc) is 3.09. The molecule has 1 aliphatic heterocycles. The molecule has 0 aliphatic carbocycles. The van der Waals surface area contributed by atoms with Crippen molar-refractivity contribution in [2.75, 3.05) is 39.0 Å². The summed E-state index contributed by atoms with van der Waals surface area (Å²) in [6, 6.07) is 1.21. The average molecular weight is 432 g/mol. The van der Waals surface area contributed by atoms with Crippen LogP contribution in [-0.2, 0) is 19.6 Å². The van der Waals surface area contributed by atoms with E-state index in [0.717, 1.165) is 15.6 Å². The highest BCUT2D eigenvalue weighted by Gasteiger charge is 2.34. The van der Waals surface area contributed by atoms with Gasteiger partial charge in [-0.3, -0.25) is 4.79 Å². The second kappa shape index (κ2) is 8.15. The number of nitrogens with zero attached hydrogens (tertiary/aromatic N) is 2. The van der Waals surface area contributed by atoms with E-state index in [1.54, 1.807) is 0 Å². The number of carbonyl (C=O) groups excluding carboxylic acids is 2. The van der Waals surface area contributed by atoms with Gasteiger partial charge < -0.3 is 9.64 Å². The maximum Gasteiger partial charge on any atom is 0.442 e. The van der Waals surface area contributed by atoms with E-state index >= 15 is 0 Å². The monoisotopic (exact) mass is 432 g/mol. The molecule has 1 aromatic rings. The fraction of sp³-hybridized carbons (Fsp3) is 0.538. The molecule has 1 aliphatic rings. The molecule has 0 saturated carbocycles. The number of hydrogen-bond donors (Lipinski definition) is 0. The smallest absolute Gasteiger partial charge is 0.442 e. The molecule has 0 aromatic carbocycles. The predicted octanol–water partition coefficient (Wildman–Crippen LogP) is 1.62. The predicted molar refractivity (Wildman–Crippen MR) is 89.5 cm³/mol. The van der Waals surface area contributed by atoms with Gasteiger partial charge in [0.1, 0.15) is 4.21 Å². The highest BCUT2D eigenvalue weighted by Crippen LogP contribution is 2.30. The minimum atomic E-state index is -4.49. The van der Waals surface area contributed by atoms with E-state index in [1.165, 1.54) is 23.5 Å². The zero-order valence-corrected chi connectivity index (χ0v) is 15.9. The third kappa shape index (κ3) is 5.11. The Hall–Kier alpha value is -1.31. The fourth-order valence-corrected chi connectivity index (χ4v) is 5.41. The Labute approximate surface area is 156 Å². The van der Waals surface area contributed by atoms with Crippen molar-refractivity contribution < 1.29 is 35.9 Å². The van der Waals surface area contributed by atoms with Crippen molar-refractivity contribution in [2.45, 2.75) is 9.72 Å². The first-order chi connectivity index (χ1) is 12.0. The topological polar surface area (TPSA) is 84.0 Å². The lowest BCUT2D eigenvalue weighted by Gasteiger charge is -2.33. The minimum Gasteiger partial charge on any atom is -0.465 e. The number of thioether (sulfide) groups is 1. The van der Waals surface area contributed by atoms with Crippen molar-refractivity contribution in [1.29, 1.82) is 0 Å². The zero-order chi connectivity index (χ0) is 19.5. The van der Waals surface area contributed by atoms with Gasteiger partial charge in [-0.15, -0.1) is 11.3 Å². The Morgan fingerprint density at radius 3 is 2.42 bits per heavy atom. The summed E-state index contributed by atoms with van der Waals surface area (Å²) in [4.78, 5) is 24.4. The molecule has 146 valence electrons. The number of amides is 1. The van der Waals surface area contributed by atoms with E-state index < -0.39 is 44.9 Å². The van der Waals surface area contributed by atoms with Crippen LogP contribution in [0.3, 0.4) is 0 Å². The summed E-state index contributed by atoms with van der Waals surface area (Å²) in [5.74, 6) is -2.07. The van der Waals surface area contributed by atoms with Gasteiger partial charge >= 0.3 is 11.5 Å². The maximum absolute atomic E-state index is 12.6. The van der Waals surface area contributed by atoms with Crippen LogP contribution in [0.25, 0.3) is 0 Å². The number of methoxy groups -OCH3 is 1. The molecule has 1 aromatic heterocycles. The number of rotatable bonds is 5. The molecule has 0 N–H and O–H groups in total. The molecule has 7 nitrogen and oxygen atoms in total. The van der Waals surface area contributed by atoms with E-state index in [2.05, 4.69) is 4.74 Å². The second-order valence-electron chi connectivity index (χ2n) is 5.17. The molecule has 2 rings (SSSR count). The number of carbonyl (C=O) groups is 2. The quantitative estimate of drug-likeness (QED) is 0.658. The molecule has 1 amide bonds. The molecule has 0 radical (unpaired) electrons. The summed E-state index contributed by atoms with van der Waals surface area (Å²) in [6.07, 6.45) is 0. The Balaban J connectivity index is 1.97. The van der Waals surface area contributed by atoms with Crippen LogP contribution in [-0.4, -0.2) is 74.0 Å². The van der Waals surface area contributed by atoms with E-state index in [4.69, 9.17) is 0 Å². The van der Waals surface area contributed by atoms with Crippen molar-refractivity contribution in [3.05, 3.63) is 17.0 Å². The first kappa shape index (κ1) is 21.0. The van der Waals surface area contributed by atoms with E-state index in [0.29, 0.717) is 0 Å². The van der Waals surface area contributed by atoms with Gasteiger partial charge in [-0.2, -0.15) is 17.5 Å². The summed E-state index contributed by atoms with van der Waals surface area (Å²) in [7, 11) is -2.66. The van der Waals surface area contributed by atoms with Gasteiger partial charge in [-0.05, 0) is 17.8 Å². The first-order valence-corrected chi connectivity index (χ1v) is 10.5. The minimum absolute atomic E-state index is 0.00567. The van der Waals surface area contributed by atoms with Gasteiger partial charge in [0, 0.05) is 31.6 Å². The number of thiophene rings is 1. The summed E-state index contributed by atoms with van der Waals surface area (Å²) in [6.45, 7) is -0.0517. The largest absolute Gasteiger partial charge is 0.465 e. The van der Waals surface area contributed by atoms with Crippen molar-refractivity contribution >= 4 is 45.0 Å². The van der Waals surface area contributed by atoms with Gasteiger partial charge in [0.25, 0.3) is 10.0 Å².